The molecule has 0 aliphatic carbocycles. The number of phenolic OH excluding ortho intramolecular Hbond substituents is 1. The Morgan fingerprint density at radius 1 is 1.32 bits per heavy atom. The van der Waals surface area contributed by atoms with E-state index in [4.69, 9.17) is 9.84 Å². The van der Waals surface area contributed by atoms with Gasteiger partial charge in [0, 0.05) is 12.6 Å². The number of anilines is 1. The number of halogens is 1. The molecule has 1 heterocycles. The van der Waals surface area contributed by atoms with Crippen molar-refractivity contribution >= 4 is 5.69 Å². The van der Waals surface area contributed by atoms with E-state index in [2.05, 4.69) is 10.3 Å². The van der Waals surface area contributed by atoms with Crippen LogP contribution in [0.3, 0.4) is 0 Å². The van der Waals surface area contributed by atoms with E-state index in [-0.39, 0.29) is 5.75 Å². The number of benzene rings is 1. The summed E-state index contributed by atoms with van der Waals surface area (Å²) in [5, 5.41) is 12.2. The van der Waals surface area contributed by atoms with Gasteiger partial charge in [0.05, 0.1) is 18.5 Å². The van der Waals surface area contributed by atoms with Gasteiger partial charge in [0.15, 0.2) is 11.6 Å². The predicted molar refractivity (Wildman–Crippen MR) is 70.8 cm³/mol. The maximum absolute atomic E-state index is 13.1. The molecule has 0 aliphatic heterocycles. The molecule has 0 saturated heterocycles. The van der Waals surface area contributed by atoms with Crippen LogP contribution in [0.2, 0.25) is 0 Å². The summed E-state index contributed by atoms with van der Waals surface area (Å²) in [6.45, 7) is 2.92. The highest BCUT2D eigenvalue weighted by molar-refractivity contribution is 5.43. The summed E-state index contributed by atoms with van der Waals surface area (Å²) in [5.74, 6) is -0.390. The molecule has 2 aromatic rings. The smallest absolute Gasteiger partial charge is 0.213 e. The van der Waals surface area contributed by atoms with Crippen LogP contribution < -0.4 is 10.1 Å². The zero-order valence-corrected chi connectivity index (χ0v) is 10.6. The molecular formula is C14H15FN2O2. The molecule has 0 fully saturated rings. The number of rotatable bonds is 5. The minimum atomic E-state index is -0.621. The minimum Gasteiger partial charge on any atom is -0.505 e. The number of hydrogen-bond acceptors (Lipinski definition) is 4. The lowest BCUT2D eigenvalue weighted by molar-refractivity contribution is 0.327. The van der Waals surface area contributed by atoms with E-state index in [0.717, 1.165) is 11.3 Å². The SMILES string of the molecule is CCOc1ccc(NCc2ccc(O)c(F)c2)cn1. The van der Waals surface area contributed by atoms with E-state index in [9.17, 15) is 4.39 Å². The molecule has 0 radical (unpaired) electrons. The highest BCUT2D eigenvalue weighted by Crippen LogP contribution is 2.17. The zero-order valence-electron chi connectivity index (χ0n) is 10.6. The number of nitrogens with zero attached hydrogens (tertiary/aromatic N) is 1. The van der Waals surface area contributed by atoms with E-state index in [0.29, 0.717) is 19.0 Å². The van der Waals surface area contributed by atoms with Crippen molar-refractivity contribution in [3.05, 3.63) is 47.9 Å². The van der Waals surface area contributed by atoms with Gasteiger partial charge in [0.1, 0.15) is 0 Å². The van der Waals surface area contributed by atoms with E-state index < -0.39 is 5.82 Å². The first-order valence-corrected chi connectivity index (χ1v) is 5.99. The summed E-state index contributed by atoms with van der Waals surface area (Å²) in [7, 11) is 0. The van der Waals surface area contributed by atoms with Gasteiger partial charge in [-0.15, -0.1) is 0 Å². The number of phenols is 1. The fourth-order valence-electron chi connectivity index (χ4n) is 1.58. The standard InChI is InChI=1S/C14H15FN2O2/c1-2-19-14-6-4-11(9-17-14)16-8-10-3-5-13(18)12(15)7-10/h3-7,9,16,18H,2,8H2,1H3. The zero-order chi connectivity index (χ0) is 13.7. The second kappa shape index (κ2) is 6.04. The van der Waals surface area contributed by atoms with Gasteiger partial charge < -0.3 is 15.2 Å². The second-order valence-corrected chi connectivity index (χ2v) is 3.96. The van der Waals surface area contributed by atoms with Crippen LogP contribution in [0.5, 0.6) is 11.6 Å². The second-order valence-electron chi connectivity index (χ2n) is 3.96. The first-order chi connectivity index (χ1) is 9.19. The van der Waals surface area contributed by atoms with Gasteiger partial charge in [0.2, 0.25) is 5.88 Å². The van der Waals surface area contributed by atoms with Crippen molar-refractivity contribution in [2.75, 3.05) is 11.9 Å². The third-order valence-corrected chi connectivity index (χ3v) is 2.54. The topological polar surface area (TPSA) is 54.4 Å². The fourth-order valence-corrected chi connectivity index (χ4v) is 1.58. The average molecular weight is 262 g/mol. The van der Waals surface area contributed by atoms with E-state index in [1.165, 1.54) is 12.1 Å². The van der Waals surface area contributed by atoms with Crippen LogP contribution in [0.25, 0.3) is 0 Å². The Morgan fingerprint density at radius 2 is 2.16 bits per heavy atom. The van der Waals surface area contributed by atoms with Crippen LogP contribution in [0.15, 0.2) is 36.5 Å². The molecule has 5 heteroatoms. The highest BCUT2D eigenvalue weighted by atomic mass is 19.1. The van der Waals surface area contributed by atoms with Gasteiger partial charge in [-0.3, -0.25) is 0 Å². The first-order valence-electron chi connectivity index (χ1n) is 5.99. The lowest BCUT2D eigenvalue weighted by Crippen LogP contribution is -2.01. The van der Waals surface area contributed by atoms with Crippen molar-refractivity contribution in [3.63, 3.8) is 0 Å². The summed E-state index contributed by atoms with van der Waals surface area (Å²) in [4.78, 5) is 4.11. The molecule has 0 atom stereocenters. The van der Waals surface area contributed by atoms with E-state index in [1.807, 2.05) is 13.0 Å². The molecule has 0 spiro atoms. The highest BCUT2D eigenvalue weighted by Gasteiger charge is 2.02. The number of ether oxygens (including phenoxy) is 1. The van der Waals surface area contributed by atoms with E-state index >= 15 is 0 Å². The monoisotopic (exact) mass is 262 g/mol. The third-order valence-electron chi connectivity index (χ3n) is 2.54. The molecule has 100 valence electrons. The van der Waals surface area contributed by atoms with Gasteiger partial charge in [0.25, 0.3) is 0 Å². The van der Waals surface area contributed by atoms with E-state index in [1.54, 1.807) is 18.3 Å². The number of nitrogens with one attached hydrogen (secondary N) is 1. The minimum absolute atomic E-state index is 0.341. The lowest BCUT2D eigenvalue weighted by Gasteiger charge is -2.08. The Labute approximate surface area is 110 Å². The molecule has 19 heavy (non-hydrogen) atoms. The van der Waals surface area contributed by atoms with Gasteiger partial charge in [-0.2, -0.15) is 0 Å². The van der Waals surface area contributed by atoms with Crippen LogP contribution in [0.4, 0.5) is 10.1 Å². The van der Waals surface area contributed by atoms with Gasteiger partial charge >= 0.3 is 0 Å². The predicted octanol–water partition coefficient (Wildman–Crippen LogP) is 2.94. The van der Waals surface area contributed by atoms with Crippen LogP contribution in [-0.2, 0) is 6.54 Å². The third kappa shape index (κ3) is 3.58. The molecule has 0 amide bonds. The molecule has 0 aliphatic rings. The quantitative estimate of drug-likeness (QED) is 0.870. The summed E-state index contributed by atoms with van der Waals surface area (Å²) in [6, 6.07) is 7.90. The van der Waals surface area contributed by atoms with Crippen molar-refractivity contribution < 1.29 is 14.2 Å². The van der Waals surface area contributed by atoms with Crippen molar-refractivity contribution in [2.24, 2.45) is 0 Å². The van der Waals surface area contributed by atoms with Crippen molar-refractivity contribution in [1.82, 2.24) is 4.98 Å². The van der Waals surface area contributed by atoms with Crippen molar-refractivity contribution in [1.29, 1.82) is 0 Å². The molecule has 4 nitrogen and oxygen atoms in total. The Hall–Kier alpha value is -2.30. The Kier molecular flexibility index (Phi) is 4.18. The molecule has 0 unspecified atom stereocenters. The molecular weight excluding hydrogens is 247 g/mol. The van der Waals surface area contributed by atoms with Crippen molar-refractivity contribution in [3.8, 4) is 11.6 Å². The summed E-state index contributed by atoms with van der Waals surface area (Å²) in [5.41, 5.74) is 1.56. The molecule has 2 N–H and O–H groups in total. The normalized spacial score (nSPS) is 10.2. The number of aromatic nitrogens is 1. The molecule has 2 rings (SSSR count). The first kappa shape index (κ1) is 13.1. The number of pyridine rings is 1. The molecule has 1 aromatic carbocycles. The van der Waals surface area contributed by atoms with Crippen LogP contribution in [-0.4, -0.2) is 16.7 Å². The van der Waals surface area contributed by atoms with Crippen LogP contribution in [0, 0.1) is 5.82 Å². The lowest BCUT2D eigenvalue weighted by atomic mass is 10.2. The van der Waals surface area contributed by atoms with Crippen LogP contribution in [0.1, 0.15) is 12.5 Å². The Balaban J connectivity index is 1.96. The Morgan fingerprint density at radius 3 is 2.79 bits per heavy atom. The van der Waals surface area contributed by atoms with Gasteiger partial charge in [-0.1, -0.05) is 6.07 Å². The number of hydrogen-bond donors (Lipinski definition) is 2. The number of aromatic hydroxyl groups is 1. The Bertz CT molecular complexity index is 544. The van der Waals surface area contributed by atoms with Gasteiger partial charge in [-0.05, 0) is 30.7 Å². The van der Waals surface area contributed by atoms with Crippen LogP contribution >= 0.6 is 0 Å². The molecule has 0 saturated carbocycles. The van der Waals surface area contributed by atoms with Gasteiger partial charge in [-0.25, -0.2) is 9.37 Å². The maximum atomic E-state index is 13.1. The summed E-state index contributed by atoms with van der Waals surface area (Å²) < 4.78 is 18.4. The summed E-state index contributed by atoms with van der Waals surface area (Å²) >= 11 is 0. The largest absolute Gasteiger partial charge is 0.505 e. The summed E-state index contributed by atoms with van der Waals surface area (Å²) in [6.07, 6.45) is 1.65. The molecule has 0 bridgehead atoms. The van der Waals surface area contributed by atoms with Crippen molar-refractivity contribution in [2.45, 2.75) is 13.5 Å². The molecule has 1 aromatic heterocycles. The average Bonchev–Trinajstić information content (AvgIpc) is 2.42. The fraction of sp³-hybridized carbons (Fsp3) is 0.214. The maximum Gasteiger partial charge on any atom is 0.213 e.